The van der Waals surface area contributed by atoms with E-state index in [-0.39, 0.29) is 12.5 Å². The maximum Gasteiger partial charge on any atom is 0.263 e. The molecule has 3 aromatic rings. The fourth-order valence-electron chi connectivity index (χ4n) is 2.72. The highest BCUT2D eigenvalue weighted by molar-refractivity contribution is 5.80. The van der Waals surface area contributed by atoms with Gasteiger partial charge in [0.2, 0.25) is 11.7 Å². The molecule has 8 nitrogen and oxygen atoms in total. The number of para-hydroxylation sites is 2. The molecule has 0 radical (unpaired) electrons. The lowest BCUT2D eigenvalue weighted by molar-refractivity contribution is -0.137. The summed E-state index contributed by atoms with van der Waals surface area (Å²) in [5.41, 5.74) is 0.794. The van der Waals surface area contributed by atoms with Gasteiger partial charge in [-0.2, -0.15) is 4.98 Å². The monoisotopic (exact) mass is 397 g/mol. The molecule has 8 heteroatoms. The van der Waals surface area contributed by atoms with Gasteiger partial charge in [-0.1, -0.05) is 17.3 Å². The first-order valence-corrected chi connectivity index (χ1v) is 9.03. The summed E-state index contributed by atoms with van der Waals surface area (Å²) in [6.07, 6.45) is -0.708. The van der Waals surface area contributed by atoms with Crippen molar-refractivity contribution in [2.45, 2.75) is 19.6 Å². The van der Waals surface area contributed by atoms with Gasteiger partial charge in [-0.3, -0.25) is 4.79 Å². The molecule has 1 atom stereocenters. The highest BCUT2D eigenvalue weighted by atomic mass is 16.5. The van der Waals surface area contributed by atoms with Crippen LogP contribution in [-0.2, 0) is 11.3 Å². The predicted octanol–water partition coefficient (Wildman–Crippen LogP) is 3.18. The first kappa shape index (κ1) is 20.2. The number of hydrogen-bond donors (Lipinski definition) is 0. The molecule has 1 amide bonds. The highest BCUT2D eigenvalue weighted by Gasteiger charge is 2.22. The second kappa shape index (κ2) is 9.09. The summed E-state index contributed by atoms with van der Waals surface area (Å²) in [5, 5.41) is 3.98. The van der Waals surface area contributed by atoms with E-state index in [4.69, 9.17) is 18.7 Å². The summed E-state index contributed by atoms with van der Waals surface area (Å²) in [7, 11) is 4.81. The Bertz CT molecular complexity index is 955. The Morgan fingerprint density at radius 1 is 1.07 bits per heavy atom. The number of likely N-dealkylation sites (N-methyl/N-ethyl adjacent to an activating group) is 1. The van der Waals surface area contributed by atoms with E-state index in [1.54, 1.807) is 40.3 Å². The van der Waals surface area contributed by atoms with Gasteiger partial charge in [0.1, 0.15) is 5.75 Å². The number of carbonyl (C=O) groups is 1. The van der Waals surface area contributed by atoms with E-state index in [1.807, 2.05) is 36.4 Å². The fourth-order valence-corrected chi connectivity index (χ4v) is 2.72. The molecule has 152 valence electrons. The van der Waals surface area contributed by atoms with Gasteiger partial charge in [0.05, 0.1) is 20.8 Å². The summed E-state index contributed by atoms with van der Waals surface area (Å²) in [6.45, 7) is 1.85. The molecule has 0 bridgehead atoms. The fraction of sp³-hybridized carbons (Fsp3) is 0.286. The zero-order chi connectivity index (χ0) is 20.8. The maximum atomic E-state index is 12.7. The first-order valence-electron chi connectivity index (χ1n) is 9.03. The average Bonchev–Trinajstić information content (AvgIpc) is 3.22. The van der Waals surface area contributed by atoms with Crippen LogP contribution in [0.2, 0.25) is 0 Å². The van der Waals surface area contributed by atoms with Crippen molar-refractivity contribution in [1.29, 1.82) is 0 Å². The second-order valence-electron chi connectivity index (χ2n) is 6.35. The predicted molar refractivity (Wildman–Crippen MR) is 106 cm³/mol. The van der Waals surface area contributed by atoms with Crippen molar-refractivity contribution in [2.75, 3.05) is 21.3 Å². The lowest BCUT2D eigenvalue weighted by Gasteiger charge is -2.21. The number of carbonyl (C=O) groups excluding carboxylic acids is 1. The molecule has 0 aliphatic rings. The normalized spacial score (nSPS) is 11.6. The zero-order valence-electron chi connectivity index (χ0n) is 16.8. The van der Waals surface area contributed by atoms with Crippen molar-refractivity contribution in [2.24, 2.45) is 0 Å². The molecule has 1 heterocycles. The molecule has 0 N–H and O–H groups in total. The number of ether oxygens (including phenoxy) is 3. The van der Waals surface area contributed by atoms with Crippen molar-refractivity contribution >= 4 is 5.91 Å². The van der Waals surface area contributed by atoms with Gasteiger partial charge >= 0.3 is 0 Å². The minimum Gasteiger partial charge on any atom is -0.497 e. The van der Waals surface area contributed by atoms with Gasteiger partial charge in [-0.25, -0.2) is 0 Å². The van der Waals surface area contributed by atoms with Crippen LogP contribution in [0.25, 0.3) is 11.4 Å². The van der Waals surface area contributed by atoms with Gasteiger partial charge in [-0.15, -0.1) is 0 Å². The van der Waals surface area contributed by atoms with Crippen LogP contribution < -0.4 is 14.2 Å². The van der Waals surface area contributed by atoms with Gasteiger partial charge in [0.25, 0.3) is 5.91 Å². The van der Waals surface area contributed by atoms with Gasteiger partial charge < -0.3 is 23.6 Å². The summed E-state index contributed by atoms with van der Waals surface area (Å²) < 4.78 is 21.4. The third-order valence-electron chi connectivity index (χ3n) is 4.29. The van der Waals surface area contributed by atoms with Gasteiger partial charge in [0, 0.05) is 12.6 Å². The Hall–Kier alpha value is -3.55. The Morgan fingerprint density at radius 2 is 1.76 bits per heavy atom. The number of benzene rings is 2. The van der Waals surface area contributed by atoms with E-state index >= 15 is 0 Å². The van der Waals surface area contributed by atoms with Crippen LogP contribution in [0.3, 0.4) is 0 Å². The molecule has 0 saturated carbocycles. The third kappa shape index (κ3) is 4.84. The quantitative estimate of drug-likeness (QED) is 0.577. The average molecular weight is 397 g/mol. The Kier molecular flexibility index (Phi) is 6.33. The van der Waals surface area contributed by atoms with Gasteiger partial charge in [0.15, 0.2) is 17.6 Å². The van der Waals surface area contributed by atoms with Crippen LogP contribution >= 0.6 is 0 Å². The van der Waals surface area contributed by atoms with Crippen molar-refractivity contribution in [1.82, 2.24) is 15.0 Å². The molecule has 0 saturated heterocycles. The minimum absolute atomic E-state index is 0.168. The number of nitrogens with zero attached hydrogens (tertiary/aromatic N) is 3. The molecule has 0 fully saturated rings. The molecule has 0 aliphatic heterocycles. The number of rotatable bonds is 8. The summed E-state index contributed by atoms with van der Waals surface area (Å²) in [4.78, 5) is 18.5. The minimum atomic E-state index is -0.708. The standard InChI is InChI=1S/C21H23N3O5/c1-14(28-18-8-6-5-7-17(18)27-4)21(25)24(2)13-19-22-20(23-29-19)15-9-11-16(26-3)12-10-15/h5-12,14H,13H2,1-4H3. The number of aromatic nitrogens is 2. The maximum absolute atomic E-state index is 12.7. The highest BCUT2D eigenvalue weighted by Crippen LogP contribution is 2.27. The molecule has 29 heavy (non-hydrogen) atoms. The number of methoxy groups -OCH3 is 2. The molecule has 2 aromatic carbocycles. The Labute approximate surface area is 169 Å². The molecule has 0 aliphatic carbocycles. The lowest BCUT2D eigenvalue weighted by atomic mass is 10.2. The van der Waals surface area contributed by atoms with Crippen LogP contribution in [0.4, 0.5) is 0 Å². The third-order valence-corrected chi connectivity index (χ3v) is 4.29. The second-order valence-corrected chi connectivity index (χ2v) is 6.35. The lowest BCUT2D eigenvalue weighted by Crippen LogP contribution is -2.37. The Balaban J connectivity index is 1.62. The van der Waals surface area contributed by atoms with Crippen molar-refractivity contribution in [3.8, 4) is 28.6 Å². The molecule has 0 spiro atoms. The smallest absolute Gasteiger partial charge is 0.263 e. The van der Waals surface area contributed by atoms with E-state index in [2.05, 4.69) is 10.1 Å². The number of amides is 1. The van der Waals surface area contributed by atoms with Crippen molar-refractivity contribution < 1.29 is 23.5 Å². The van der Waals surface area contributed by atoms with E-state index < -0.39 is 6.10 Å². The first-order chi connectivity index (χ1) is 14.0. The molecule has 1 aromatic heterocycles. The summed E-state index contributed by atoms with van der Waals surface area (Å²) in [6, 6.07) is 14.5. The van der Waals surface area contributed by atoms with E-state index in [9.17, 15) is 4.79 Å². The van der Waals surface area contributed by atoms with E-state index in [0.29, 0.717) is 23.2 Å². The van der Waals surface area contributed by atoms with E-state index in [0.717, 1.165) is 11.3 Å². The molecular formula is C21H23N3O5. The zero-order valence-corrected chi connectivity index (χ0v) is 16.8. The summed E-state index contributed by atoms with van der Waals surface area (Å²) in [5.74, 6) is 2.37. The van der Waals surface area contributed by atoms with Crippen LogP contribution in [0.15, 0.2) is 53.1 Å². The molecule has 3 rings (SSSR count). The van der Waals surface area contributed by atoms with Crippen LogP contribution in [0.5, 0.6) is 17.2 Å². The molecular weight excluding hydrogens is 374 g/mol. The topological polar surface area (TPSA) is 86.9 Å². The van der Waals surface area contributed by atoms with E-state index in [1.165, 1.54) is 4.90 Å². The van der Waals surface area contributed by atoms with Gasteiger partial charge in [-0.05, 0) is 43.3 Å². The SMILES string of the molecule is COc1ccc(-c2noc(CN(C)C(=O)C(C)Oc3ccccc3OC)n2)cc1. The number of hydrogen-bond acceptors (Lipinski definition) is 7. The largest absolute Gasteiger partial charge is 0.497 e. The van der Waals surface area contributed by atoms with Crippen LogP contribution in [-0.4, -0.2) is 48.3 Å². The van der Waals surface area contributed by atoms with Crippen molar-refractivity contribution in [3.63, 3.8) is 0 Å². The van der Waals surface area contributed by atoms with Crippen LogP contribution in [0, 0.1) is 0 Å². The Morgan fingerprint density at radius 3 is 2.41 bits per heavy atom. The summed E-state index contributed by atoms with van der Waals surface area (Å²) >= 11 is 0. The van der Waals surface area contributed by atoms with Crippen molar-refractivity contribution in [3.05, 3.63) is 54.4 Å². The molecule has 1 unspecified atom stereocenters. The van der Waals surface area contributed by atoms with Crippen LogP contribution in [0.1, 0.15) is 12.8 Å².